The number of nitrogens with two attached hydrogens (primary N) is 1. The zero-order valence-corrected chi connectivity index (χ0v) is 46.0. The van der Waals surface area contributed by atoms with Crippen molar-refractivity contribution in [3.8, 4) is 0 Å². The molecule has 11 N–H and O–H groups in total. The number of aliphatic carboxylic acids is 1. The summed E-state index contributed by atoms with van der Waals surface area (Å²) in [5.74, 6) is -3.03. The van der Waals surface area contributed by atoms with Crippen molar-refractivity contribution < 1.29 is 91.9 Å². The van der Waals surface area contributed by atoms with Crippen molar-refractivity contribution in [3.05, 3.63) is 97.2 Å². The fraction of sp³-hybridized carbons (Fsp3) is 0.635. The number of rotatable bonds is 42. The van der Waals surface area contributed by atoms with Gasteiger partial charge in [0, 0.05) is 23.8 Å². The van der Waals surface area contributed by atoms with Crippen LogP contribution in [0, 0.1) is 0 Å². The Labute approximate surface area is 447 Å². The van der Waals surface area contributed by atoms with E-state index in [4.69, 9.17) is 29.4 Å². The summed E-state index contributed by atoms with van der Waals surface area (Å²) in [6.07, 6.45) is 28.2. The average molecular weight is 1120 g/mol. The van der Waals surface area contributed by atoms with E-state index in [-0.39, 0.29) is 31.4 Å². The Kier molecular flexibility index (Phi) is 38.8. The molecule has 428 valence electrons. The van der Waals surface area contributed by atoms with E-state index in [1.165, 1.54) is 25.7 Å². The molecule has 1 aliphatic rings. The lowest BCUT2D eigenvalue weighted by atomic mass is 9.85. The molecule has 0 aromatic heterocycles. The van der Waals surface area contributed by atoms with Crippen LogP contribution < -0.4 is 5.73 Å². The summed E-state index contributed by atoms with van der Waals surface area (Å²) in [6, 6.07) is -1.41. The van der Waals surface area contributed by atoms with Crippen LogP contribution in [0.2, 0.25) is 0 Å². The first-order valence-corrected chi connectivity index (χ1v) is 29.8. The molecule has 1 unspecified atom stereocenters. The number of aliphatic hydroxyl groups is 5. The number of carbonyl (C=O) groups is 3. The number of unbranched alkanes of at least 4 members (excludes halogenated alkanes) is 7. The van der Waals surface area contributed by atoms with Gasteiger partial charge in [-0.15, -0.1) is 11.8 Å². The SMILES string of the molecule is CCCCC/C=C\C\C=C/C=C/C=C/[C@@H](SC[C@H](N)C(=O)O[C@H](COC(=O)CCC/C=C\C/C=C\C/C=C\C/C=C\CCCCC)COP(=O)(O)O[C@H]1[C@H](O)[C@@H](O)[C@H](O)[C@@H](O)[C@H]1OP(=O)(O)O)[C@@H](O)CCCC(=O)O. The molecule has 0 aliphatic heterocycles. The van der Waals surface area contributed by atoms with Crippen molar-refractivity contribution in [2.75, 3.05) is 19.0 Å². The van der Waals surface area contributed by atoms with E-state index in [9.17, 15) is 63.7 Å². The van der Waals surface area contributed by atoms with E-state index in [0.717, 1.165) is 56.7 Å². The van der Waals surface area contributed by atoms with Gasteiger partial charge in [0.1, 0.15) is 49.3 Å². The van der Waals surface area contributed by atoms with E-state index in [0.29, 0.717) is 19.3 Å². The van der Waals surface area contributed by atoms with Crippen molar-refractivity contribution in [1.29, 1.82) is 0 Å². The standard InChI is InChI=1S/C52H85NO19P2S/c1-3-5-7-9-11-13-15-17-18-19-20-21-23-25-27-29-31-36-45(57)68-37-40(38-69-74(66,67)72-51-49(61)47(59)46(58)48(60)50(51)71-73(63,64)65)70-52(62)41(53)39-75-43(42(54)33-32-35-44(55)56)34-30-28-26-24-22-16-14-12-10-8-6-4-2/h11-14,17-18,20-22,24-28,30,34,40-43,46-51,54,58-61H,3-10,15-16,19,23,29,31-33,35-39,53H2,1-2H3,(H,55,56)(H,66,67)(H2,63,64,65)/b13-11-,14-12-,18-17-,21-20-,24-22-,27-25-,28-26+,34-30+/t40-,41+,42+,43-,46+,47+,48-,49-,50-,51+/m1/s1. The number of esters is 2. The summed E-state index contributed by atoms with van der Waals surface area (Å²) in [5.41, 5.74) is 6.21. The quantitative estimate of drug-likeness (QED) is 0.00944. The summed E-state index contributed by atoms with van der Waals surface area (Å²) in [7, 11) is -11.1. The summed E-state index contributed by atoms with van der Waals surface area (Å²) >= 11 is 1.06. The first-order valence-electron chi connectivity index (χ1n) is 25.7. The van der Waals surface area contributed by atoms with E-state index < -0.39 is 107 Å². The monoisotopic (exact) mass is 1120 g/mol. The van der Waals surface area contributed by atoms with Crippen LogP contribution in [0.4, 0.5) is 0 Å². The number of phosphoric acid groups is 2. The minimum Gasteiger partial charge on any atom is -0.481 e. The van der Waals surface area contributed by atoms with Gasteiger partial charge in [0.15, 0.2) is 6.10 Å². The molecule has 0 radical (unpaired) electrons. The van der Waals surface area contributed by atoms with Crippen molar-refractivity contribution in [2.45, 2.75) is 190 Å². The normalized spacial score (nSPS) is 22.4. The predicted octanol–water partition coefficient (Wildman–Crippen LogP) is 7.26. The molecule has 1 aliphatic carbocycles. The Morgan fingerprint density at radius 2 is 1.13 bits per heavy atom. The maximum absolute atomic E-state index is 13.4. The highest BCUT2D eigenvalue weighted by Crippen LogP contribution is 2.50. The summed E-state index contributed by atoms with van der Waals surface area (Å²) in [6.45, 7) is 2.54. The summed E-state index contributed by atoms with van der Waals surface area (Å²) < 4.78 is 49.9. The van der Waals surface area contributed by atoms with Crippen molar-refractivity contribution in [1.82, 2.24) is 0 Å². The number of hydrogen-bond donors (Lipinski definition) is 10. The number of hydrogen-bond acceptors (Lipinski definition) is 17. The predicted molar refractivity (Wildman–Crippen MR) is 288 cm³/mol. The van der Waals surface area contributed by atoms with Gasteiger partial charge < -0.3 is 60.5 Å². The van der Waals surface area contributed by atoms with Gasteiger partial charge in [0.2, 0.25) is 0 Å². The van der Waals surface area contributed by atoms with Crippen LogP contribution in [0.3, 0.4) is 0 Å². The lowest BCUT2D eigenvalue weighted by molar-refractivity contribution is -0.216. The molecule has 0 heterocycles. The van der Waals surface area contributed by atoms with E-state index in [1.807, 2.05) is 30.4 Å². The molecule has 1 rings (SSSR count). The fourth-order valence-corrected chi connectivity index (χ4v) is 9.62. The lowest BCUT2D eigenvalue weighted by Gasteiger charge is -2.43. The van der Waals surface area contributed by atoms with Gasteiger partial charge in [0.25, 0.3) is 0 Å². The minimum absolute atomic E-state index is 0.0694. The number of aliphatic hydroxyl groups excluding tert-OH is 5. The average Bonchev–Trinajstić information content (AvgIpc) is 3.35. The molecule has 0 spiro atoms. The number of thioether (sulfide) groups is 1. The smallest absolute Gasteiger partial charge is 0.472 e. The number of carboxylic acid groups (broad SMARTS) is 1. The Hall–Kier alpha value is -3.34. The minimum atomic E-state index is -5.54. The maximum Gasteiger partial charge on any atom is 0.472 e. The molecule has 1 fully saturated rings. The Morgan fingerprint density at radius 3 is 1.67 bits per heavy atom. The van der Waals surface area contributed by atoms with Crippen LogP contribution in [0.5, 0.6) is 0 Å². The highest BCUT2D eigenvalue weighted by Gasteiger charge is 2.54. The Morgan fingerprint density at radius 1 is 0.627 bits per heavy atom. The first-order chi connectivity index (χ1) is 35.7. The molecule has 0 aromatic rings. The lowest BCUT2D eigenvalue weighted by Crippen LogP contribution is -2.64. The largest absolute Gasteiger partial charge is 0.481 e. The van der Waals surface area contributed by atoms with Gasteiger partial charge in [-0.25, -0.2) is 9.13 Å². The third kappa shape index (κ3) is 34.9. The second-order valence-electron chi connectivity index (χ2n) is 17.7. The van der Waals surface area contributed by atoms with Crippen LogP contribution >= 0.6 is 27.4 Å². The van der Waals surface area contributed by atoms with Gasteiger partial charge in [-0.1, -0.05) is 137 Å². The molecule has 23 heteroatoms. The van der Waals surface area contributed by atoms with Crippen molar-refractivity contribution >= 4 is 45.3 Å². The molecule has 0 aromatic carbocycles. The number of carboxylic acids is 1. The molecule has 0 amide bonds. The fourth-order valence-electron chi connectivity index (χ4n) is 6.97. The van der Waals surface area contributed by atoms with Crippen LogP contribution in [-0.2, 0) is 46.6 Å². The molecule has 11 atom stereocenters. The van der Waals surface area contributed by atoms with Gasteiger partial charge in [-0.05, 0) is 77.0 Å². The van der Waals surface area contributed by atoms with E-state index in [1.54, 1.807) is 24.3 Å². The molecule has 0 saturated heterocycles. The topological polar surface area (TPSA) is 340 Å². The van der Waals surface area contributed by atoms with Gasteiger partial charge in [0.05, 0.1) is 12.7 Å². The van der Waals surface area contributed by atoms with Gasteiger partial charge in [-0.3, -0.25) is 28.0 Å². The van der Waals surface area contributed by atoms with Gasteiger partial charge >= 0.3 is 33.6 Å². The number of phosphoric ester groups is 2. The summed E-state index contributed by atoms with van der Waals surface area (Å²) in [5, 5.41) is 60.6. The third-order valence-electron chi connectivity index (χ3n) is 11.1. The Balaban J connectivity index is 3.06. The highest BCUT2D eigenvalue weighted by atomic mass is 32.2. The zero-order valence-electron chi connectivity index (χ0n) is 43.3. The zero-order chi connectivity index (χ0) is 55.9. The summed E-state index contributed by atoms with van der Waals surface area (Å²) in [4.78, 5) is 66.7. The van der Waals surface area contributed by atoms with Crippen LogP contribution in [0.1, 0.15) is 129 Å². The van der Waals surface area contributed by atoms with Crippen molar-refractivity contribution in [3.63, 3.8) is 0 Å². The van der Waals surface area contributed by atoms with Gasteiger partial charge in [-0.2, -0.15) is 0 Å². The second-order valence-corrected chi connectivity index (χ2v) is 21.5. The molecule has 1 saturated carbocycles. The molecule has 75 heavy (non-hydrogen) atoms. The first kappa shape index (κ1) is 69.7. The number of carbonyl (C=O) groups excluding carboxylic acids is 2. The van der Waals surface area contributed by atoms with Crippen molar-refractivity contribution in [2.24, 2.45) is 5.73 Å². The molecular formula is C52H85NO19P2S. The van der Waals surface area contributed by atoms with E-state index >= 15 is 0 Å². The molecule has 20 nitrogen and oxygen atoms in total. The van der Waals surface area contributed by atoms with E-state index in [2.05, 4.69) is 60.9 Å². The third-order valence-corrected chi connectivity index (χ3v) is 14.0. The van der Waals surface area contributed by atoms with Crippen LogP contribution in [0.15, 0.2) is 97.2 Å². The molecule has 0 bridgehead atoms. The number of ether oxygens (including phenoxy) is 2. The number of allylic oxidation sites excluding steroid dienone is 15. The van der Waals surface area contributed by atoms with Crippen LogP contribution in [0.25, 0.3) is 0 Å². The highest BCUT2D eigenvalue weighted by molar-refractivity contribution is 8.00. The maximum atomic E-state index is 13.4. The molecular weight excluding hydrogens is 1040 g/mol. The Bertz CT molecular complexity index is 1940. The van der Waals surface area contributed by atoms with Crippen LogP contribution in [-0.4, -0.2) is 142 Å². The second kappa shape index (κ2) is 41.7.